The summed E-state index contributed by atoms with van der Waals surface area (Å²) in [5.74, 6) is 0.985. The Bertz CT molecular complexity index is 803. The summed E-state index contributed by atoms with van der Waals surface area (Å²) < 4.78 is 16.3. The monoisotopic (exact) mass is 450 g/mol. The fourth-order valence-corrected chi connectivity index (χ4v) is 3.31. The molecule has 0 atom stereocenters. The molecule has 2 aromatic carbocycles. The minimum Gasteiger partial charge on any atom is -0.494 e. The van der Waals surface area contributed by atoms with Gasteiger partial charge in [0.1, 0.15) is 11.5 Å². The summed E-state index contributed by atoms with van der Waals surface area (Å²) in [6, 6.07) is 9.47. The van der Waals surface area contributed by atoms with Crippen LogP contribution >= 0.6 is 15.9 Å². The van der Waals surface area contributed by atoms with Gasteiger partial charge in [0.2, 0.25) is 0 Å². The van der Waals surface area contributed by atoms with E-state index in [9.17, 15) is 9.59 Å². The van der Waals surface area contributed by atoms with E-state index >= 15 is 0 Å². The standard InChI is InChI=1S/C22H27BrO5/c1-16(24)22-19-15-18(27-14-6-7-21(25)26-2)10-8-17(19)9-11-20(22)28-13-5-3-4-12-23/h8-11,15H,3-7,12-14H2,1-2H3. The predicted octanol–water partition coefficient (Wildman–Crippen LogP) is 5.32. The molecule has 0 aliphatic rings. The molecule has 0 N–H and O–H groups in total. The highest BCUT2D eigenvalue weighted by molar-refractivity contribution is 9.09. The Hall–Kier alpha value is -2.08. The lowest BCUT2D eigenvalue weighted by molar-refractivity contribution is -0.140. The number of rotatable bonds is 12. The molecule has 0 unspecified atom stereocenters. The molecule has 0 saturated heterocycles. The van der Waals surface area contributed by atoms with Crippen LogP contribution in [0.4, 0.5) is 0 Å². The number of carbonyl (C=O) groups is 2. The maximum atomic E-state index is 12.3. The number of fused-ring (bicyclic) bond motifs is 1. The number of benzene rings is 2. The SMILES string of the molecule is COC(=O)CCCOc1ccc2ccc(OCCCCCBr)c(C(C)=O)c2c1. The van der Waals surface area contributed by atoms with Crippen molar-refractivity contribution in [3.05, 3.63) is 35.9 Å². The van der Waals surface area contributed by atoms with Gasteiger partial charge in [0.05, 0.1) is 25.9 Å². The lowest BCUT2D eigenvalue weighted by Crippen LogP contribution is -2.05. The summed E-state index contributed by atoms with van der Waals surface area (Å²) in [7, 11) is 1.37. The van der Waals surface area contributed by atoms with Gasteiger partial charge in [0, 0.05) is 11.8 Å². The topological polar surface area (TPSA) is 61.8 Å². The third-order valence-electron chi connectivity index (χ3n) is 4.36. The first-order valence-corrected chi connectivity index (χ1v) is 10.6. The molecule has 0 aromatic heterocycles. The molecular weight excluding hydrogens is 424 g/mol. The number of esters is 1. The molecule has 0 amide bonds. The van der Waals surface area contributed by atoms with Crippen molar-refractivity contribution >= 4 is 38.5 Å². The van der Waals surface area contributed by atoms with Crippen molar-refractivity contribution in [2.75, 3.05) is 25.7 Å². The van der Waals surface area contributed by atoms with Gasteiger partial charge >= 0.3 is 5.97 Å². The van der Waals surface area contributed by atoms with Gasteiger partial charge in [0.15, 0.2) is 5.78 Å². The number of Topliss-reactive ketones (excluding diaryl/α,β-unsaturated/α-hetero) is 1. The van der Waals surface area contributed by atoms with Gasteiger partial charge < -0.3 is 14.2 Å². The van der Waals surface area contributed by atoms with Crippen LogP contribution in [0.5, 0.6) is 11.5 Å². The maximum absolute atomic E-state index is 12.3. The van der Waals surface area contributed by atoms with Crippen molar-refractivity contribution in [1.82, 2.24) is 0 Å². The highest BCUT2D eigenvalue weighted by atomic mass is 79.9. The smallest absolute Gasteiger partial charge is 0.305 e. The Morgan fingerprint density at radius 3 is 2.43 bits per heavy atom. The molecule has 0 heterocycles. The molecule has 0 aliphatic carbocycles. The van der Waals surface area contributed by atoms with Crippen LogP contribution in [0.25, 0.3) is 10.8 Å². The van der Waals surface area contributed by atoms with Crippen molar-refractivity contribution in [2.24, 2.45) is 0 Å². The number of hydrogen-bond acceptors (Lipinski definition) is 5. The third kappa shape index (κ3) is 6.51. The second-order valence-electron chi connectivity index (χ2n) is 6.50. The van der Waals surface area contributed by atoms with Crippen molar-refractivity contribution in [3.8, 4) is 11.5 Å². The zero-order chi connectivity index (χ0) is 20.4. The quantitative estimate of drug-likeness (QED) is 0.189. The van der Waals surface area contributed by atoms with Crippen molar-refractivity contribution < 1.29 is 23.8 Å². The molecule has 5 nitrogen and oxygen atoms in total. The molecule has 0 bridgehead atoms. The van der Waals surface area contributed by atoms with Crippen molar-refractivity contribution in [2.45, 2.75) is 39.0 Å². The number of ether oxygens (including phenoxy) is 3. The first-order chi connectivity index (χ1) is 13.6. The van der Waals surface area contributed by atoms with Gasteiger partial charge in [-0.05, 0) is 61.6 Å². The summed E-state index contributed by atoms with van der Waals surface area (Å²) in [6.07, 6.45) is 4.02. The Morgan fingerprint density at radius 1 is 0.964 bits per heavy atom. The molecule has 152 valence electrons. The van der Waals surface area contributed by atoms with E-state index in [4.69, 9.17) is 9.47 Å². The minimum atomic E-state index is -0.251. The van der Waals surface area contributed by atoms with E-state index < -0.39 is 0 Å². The van der Waals surface area contributed by atoms with Gasteiger partial charge in [-0.15, -0.1) is 0 Å². The molecule has 0 spiro atoms. The van der Waals surface area contributed by atoms with Crippen molar-refractivity contribution in [3.63, 3.8) is 0 Å². The Kier molecular flexibility index (Phi) is 9.28. The van der Waals surface area contributed by atoms with Crippen LogP contribution in [0, 0.1) is 0 Å². The molecule has 2 rings (SSSR count). The highest BCUT2D eigenvalue weighted by Gasteiger charge is 2.14. The fourth-order valence-electron chi connectivity index (χ4n) is 2.92. The van der Waals surface area contributed by atoms with Crippen molar-refractivity contribution in [1.29, 1.82) is 0 Å². The number of unbranched alkanes of at least 4 members (excludes halogenated alkanes) is 2. The van der Waals surface area contributed by atoms with Crippen LogP contribution in [0.2, 0.25) is 0 Å². The summed E-state index contributed by atoms with van der Waals surface area (Å²) >= 11 is 3.42. The van der Waals surface area contributed by atoms with E-state index in [0.717, 1.165) is 35.4 Å². The maximum Gasteiger partial charge on any atom is 0.305 e. The van der Waals surface area contributed by atoms with Gasteiger partial charge in [-0.2, -0.15) is 0 Å². The molecule has 0 saturated carbocycles. The van der Waals surface area contributed by atoms with Crippen LogP contribution in [-0.4, -0.2) is 37.4 Å². The van der Waals surface area contributed by atoms with E-state index in [2.05, 4.69) is 20.7 Å². The van der Waals surface area contributed by atoms with E-state index in [1.54, 1.807) is 6.92 Å². The molecule has 28 heavy (non-hydrogen) atoms. The first-order valence-electron chi connectivity index (χ1n) is 9.53. The largest absolute Gasteiger partial charge is 0.494 e. The van der Waals surface area contributed by atoms with Crippen LogP contribution in [-0.2, 0) is 9.53 Å². The van der Waals surface area contributed by atoms with E-state index in [-0.39, 0.29) is 11.8 Å². The Morgan fingerprint density at radius 2 is 1.71 bits per heavy atom. The number of ketones is 1. The summed E-state index contributed by atoms with van der Waals surface area (Å²) in [5, 5.41) is 2.76. The predicted molar refractivity (Wildman–Crippen MR) is 114 cm³/mol. The van der Waals surface area contributed by atoms with Gasteiger partial charge in [-0.25, -0.2) is 0 Å². The average Bonchev–Trinajstić information content (AvgIpc) is 2.70. The zero-order valence-corrected chi connectivity index (χ0v) is 18.0. The van der Waals surface area contributed by atoms with Crippen LogP contribution in [0.15, 0.2) is 30.3 Å². The Balaban J connectivity index is 2.13. The number of hydrogen-bond donors (Lipinski definition) is 0. The molecule has 2 aromatic rings. The first kappa shape index (κ1) is 22.2. The van der Waals surface area contributed by atoms with Gasteiger partial charge in [0.25, 0.3) is 0 Å². The third-order valence-corrected chi connectivity index (χ3v) is 4.92. The minimum absolute atomic E-state index is 0.0381. The summed E-state index contributed by atoms with van der Waals surface area (Å²) in [6.45, 7) is 2.54. The van der Waals surface area contributed by atoms with E-state index in [0.29, 0.717) is 43.1 Å². The lowest BCUT2D eigenvalue weighted by atomic mass is 10.0. The fraction of sp³-hybridized carbons (Fsp3) is 0.455. The van der Waals surface area contributed by atoms with Crippen LogP contribution < -0.4 is 9.47 Å². The second-order valence-corrected chi connectivity index (χ2v) is 7.30. The number of carbonyl (C=O) groups excluding carboxylic acids is 2. The lowest BCUT2D eigenvalue weighted by Gasteiger charge is -2.14. The second kappa shape index (κ2) is 11.7. The van der Waals surface area contributed by atoms with Gasteiger partial charge in [-0.1, -0.05) is 28.1 Å². The van der Waals surface area contributed by atoms with E-state index in [1.165, 1.54) is 7.11 Å². The molecule has 0 radical (unpaired) electrons. The highest BCUT2D eigenvalue weighted by Crippen LogP contribution is 2.31. The number of alkyl halides is 1. The summed E-state index contributed by atoms with van der Waals surface area (Å²) in [5.41, 5.74) is 0.581. The molecule has 6 heteroatoms. The average molecular weight is 451 g/mol. The summed E-state index contributed by atoms with van der Waals surface area (Å²) in [4.78, 5) is 23.5. The molecule has 0 fully saturated rings. The number of halogens is 1. The number of methoxy groups -OCH3 is 1. The zero-order valence-electron chi connectivity index (χ0n) is 16.5. The van der Waals surface area contributed by atoms with Crippen LogP contribution in [0.3, 0.4) is 0 Å². The van der Waals surface area contributed by atoms with Crippen LogP contribution in [0.1, 0.15) is 49.4 Å². The Labute approximate surface area is 174 Å². The molecular formula is C22H27BrO5. The van der Waals surface area contributed by atoms with Gasteiger partial charge in [-0.3, -0.25) is 9.59 Å². The van der Waals surface area contributed by atoms with E-state index in [1.807, 2.05) is 30.3 Å². The normalized spacial score (nSPS) is 10.7. The molecule has 0 aliphatic heterocycles.